The smallest absolute Gasteiger partial charge is 0.164 e. The zero-order valence-electron chi connectivity index (χ0n) is 33.9. The van der Waals surface area contributed by atoms with E-state index in [1.54, 1.807) is 0 Å². The van der Waals surface area contributed by atoms with E-state index in [1.165, 1.54) is 21.9 Å². The molecule has 294 valence electrons. The van der Waals surface area contributed by atoms with Crippen molar-refractivity contribution in [2.24, 2.45) is 0 Å². The third kappa shape index (κ3) is 5.55. The van der Waals surface area contributed by atoms with Crippen molar-refractivity contribution in [1.29, 1.82) is 0 Å². The van der Waals surface area contributed by atoms with Crippen LogP contribution in [0.3, 0.4) is 0 Å². The Balaban J connectivity index is 1.07. The molecule has 0 unspecified atom stereocenters. The predicted molar refractivity (Wildman–Crippen MR) is 258 cm³/mol. The molecule has 13 rings (SSSR count). The number of furan rings is 1. The van der Waals surface area contributed by atoms with Crippen molar-refractivity contribution in [3.05, 3.63) is 212 Å². The van der Waals surface area contributed by atoms with Crippen LogP contribution in [0.1, 0.15) is 0 Å². The summed E-state index contributed by atoms with van der Waals surface area (Å²) in [7, 11) is 0. The van der Waals surface area contributed by atoms with E-state index in [2.05, 4.69) is 161 Å². The first kappa shape index (κ1) is 35.2. The molecule has 0 atom stereocenters. The van der Waals surface area contributed by atoms with E-state index in [-0.39, 0.29) is 0 Å². The van der Waals surface area contributed by atoms with Gasteiger partial charge in [0.05, 0.1) is 27.8 Å². The average Bonchev–Trinajstić information content (AvgIpc) is 4.02. The summed E-state index contributed by atoms with van der Waals surface area (Å²) in [5.41, 5.74) is 13.4. The summed E-state index contributed by atoms with van der Waals surface area (Å²) in [6.45, 7) is 0. The molecule has 4 heterocycles. The van der Waals surface area contributed by atoms with Crippen molar-refractivity contribution in [1.82, 2.24) is 24.1 Å². The fraction of sp³-hybridized carbons (Fsp3) is 0. The van der Waals surface area contributed by atoms with Crippen LogP contribution in [0.5, 0.6) is 0 Å². The van der Waals surface area contributed by atoms with Crippen molar-refractivity contribution in [2.75, 3.05) is 0 Å². The summed E-state index contributed by atoms with van der Waals surface area (Å²) in [6.07, 6.45) is 0. The minimum atomic E-state index is 0.585. The monoisotopic (exact) mass is 805 g/mol. The average molecular weight is 806 g/mol. The van der Waals surface area contributed by atoms with E-state index in [1.807, 2.05) is 60.7 Å². The Kier molecular flexibility index (Phi) is 7.80. The third-order valence-electron chi connectivity index (χ3n) is 12.4. The van der Waals surface area contributed by atoms with E-state index >= 15 is 0 Å². The van der Waals surface area contributed by atoms with Gasteiger partial charge in [-0.2, -0.15) is 0 Å². The second-order valence-electron chi connectivity index (χ2n) is 16.0. The van der Waals surface area contributed by atoms with Gasteiger partial charge in [0.15, 0.2) is 17.5 Å². The van der Waals surface area contributed by atoms with Gasteiger partial charge < -0.3 is 13.6 Å². The summed E-state index contributed by atoms with van der Waals surface area (Å²) in [5, 5.41) is 6.82. The summed E-state index contributed by atoms with van der Waals surface area (Å²) in [4.78, 5) is 15.0. The first-order valence-corrected chi connectivity index (χ1v) is 21.2. The van der Waals surface area contributed by atoms with Crippen molar-refractivity contribution >= 4 is 65.6 Å². The molecule has 6 nitrogen and oxygen atoms in total. The van der Waals surface area contributed by atoms with Crippen molar-refractivity contribution in [3.8, 4) is 56.7 Å². The number of nitrogens with zero attached hydrogens (tertiary/aromatic N) is 5. The van der Waals surface area contributed by atoms with Gasteiger partial charge in [-0.15, -0.1) is 0 Å². The van der Waals surface area contributed by atoms with E-state index in [0.29, 0.717) is 17.5 Å². The highest BCUT2D eigenvalue weighted by molar-refractivity contribution is 6.28. The van der Waals surface area contributed by atoms with E-state index in [4.69, 9.17) is 19.4 Å². The van der Waals surface area contributed by atoms with Crippen molar-refractivity contribution < 1.29 is 4.42 Å². The fourth-order valence-electron chi connectivity index (χ4n) is 9.55. The largest absolute Gasteiger partial charge is 0.456 e. The van der Waals surface area contributed by atoms with E-state index < -0.39 is 0 Å². The molecule has 63 heavy (non-hydrogen) atoms. The number of para-hydroxylation sites is 3. The van der Waals surface area contributed by atoms with Gasteiger partial charge in [0, 0.05) is 54.7 Å². The van der Waals surface area contributed by atoms with Gasteiger partial charge in [-0.3, -0.25) is 0 Å². The summed E-state index contributed by atoms with van der Waals surface area (Å²) in [5.74, 6) is 1.83. The SMILES string of the molecule is c1ccc(-c2ccc3c4ccccc4n(-c4cccc5c6c7c(ccc6n(-c6ccccc6)c45)oc4cc(-c5nc(-c6ccccc6)nc(-c6ccccc6)n5)ccc47)c3c2)cc1. The number of rotatable bonds is 6. The highest BCUT2D eigenvalue weighted by Gasteiger charge is 2.24. The minimum Gasteiger partial charge on any atom is -0.456 e. The molecule has 0 saturated carbocycles. The molecule has 0 saturated heterocycles. The van der Waals surface area contributed by atoms with Crippen LogP contribution in [0.25, 0.3) is 122 Å². The molecular formula is C57H35N5O. The molecule has 0 aliphatic heterocycles. The predicted octanol–water partition coefficient (Wildman–Crippen LogP) is 14.6. The number of aromatic nitrogens is 5. The Morgan fingerprint density at radius 1 is 0.317 bits per heavy atom. The Morgan fingerprint density at radius 3 is 1.60 bits per heavy atom. The topological polar surface area (TPSA) is 61.7 Å². The zero-order chi connectivity index (χ0) is 41.4. The molecule has 0 N–H and O–H groups in total. The van der Waals surface area contributed by atoms with Crippen molar-refractivity contribution in [3.63, 3.8) is 0 Å². The Bertz CT molecular complexity index is 3830. The molecule has 13 aromatic rings. The van der Waals surface area contributed by atoms with Crippen LogP contribution in [0, 0.1) is 0 Å². The van der Waals surface area contributed by atoms with Gasteiger partial charge in [-0.1, -0.05) is 158 Å². The number of fused-ring (bicyclic) bond motifs is 10. The first-order valence-electron chi connectivity index (χ1n) is 21.2. The van der Waals surface area contributed by atoms with Crippen LogP contribution in [0.2, 0.25) is 0 Å². The van der Waals surface area contributed by atoms with Crippen LogP contribution in [0.15, 0.2) is 217 Å². The number of hydrogen-bond donors (Lipinski definition) is 0. The molecule has 0 radical (unpaired) electrons. The molecule has 0 aliphatic rings. The summed E-state index contributed by atoms with van der Waals surface area (Å²) in [6, 6.07) is 74.5. The van der Waals surface area contributed by atoms with Gasteiger partial charge >= 0.3 is 0 Å². The van der Waals surface area contributed by atoms with Crippen molar-refractivity contribution in [2.45, 2.75) is 0 Å². The molecule has 0 aliphatic carbocycles. The highest BCUT2D eigenvalue weighted by Crippen LogP contribution is 2.45. The second kappa shape index (κ2) is 14.0. The Hall–Kier alpha value is -8.61. The lowest BCUT2D eigenvalue weighted by atomic mass is 10.0. The summed E-state index contributed by atoms with van der Waals surface area (Å²) >= 11 is 0. The quantitative estimate of drug-likeness (QED) is 0.168. The molecule has 0 bridgehead atoms. The second-order valence-corrected chi connectivity index (χ2v) is 16.0. The lowest BCUT2D eigenvalue weighted by molar-refractivity contribution is 0.669. The van der Waals surface area contributed by atoms with E-state index in [0.717, 1.165) is 82.8 Å². The molecule has 4 aromatic heterocycles. The lowest BCUT2D eigenvalue weighted by Gasteiger charge is -2.14. The lowest BCUT2D eigenvalue weighted by Crippen LogP contribution is -2.00. The van der Waals surface area contributed by atoms with Gasteiger partial charge in [0.25, 0.3) is 0 Å². The van der Waals surface area contributed by atoms with Crippen LogP contribution >= 0.6 is 0 Å². The van der Waals surface area contributed by atoms with Crippen LogP contribution in [-0.4, -0.2) is 24.1 Å². The van der Waals surface area contributed by atoms with Gasteiger partial charge in [-0.25, -0.2) is 15.0 Å². The molecule has 9 aromatic carbocycles. The number of hydrogen-bond acceptors (Lipinski definition) is 4. The zero-order valence-corrected chi connectivity index (χ0v) is 33.9. The first-order chi connectivity index (χ1) is 31.2. The van der Waals surface area contributed by atoms with E-state index in [9.17, 15) is 0 Å². The Morgan fingerprint density at radius 2 is 0.889 bits per heavy atom. The maximum atomic E-state index is 6.80. The third-order valence-corrected chi connectivity index (χ3v) is 12.4. The van der Waals surface area contributed by atoms with Crippen LogP contribution in [-0.2, 0) is 0 Å². The minimum absolute atomic E-state index is 0.585. The Labute approximate surface area is 361 Å². The maximum Gasteiger partial charge on any atom is 0.164 e. The van der Waals surface area contributed by atoms with Crippen LogP contribution in [0.4, 0.5) is 0 Å². The maximum absolute atomic E-state index is 6.80. The fourth-order valence-corrected chi connectivity index (χ4v) is 9.55. The standard InChI is InChI=1S/C57H35N5O/c1-5-16-36(17-6-1)39-28-30-43-42-24-13-14-26-46(42)62(49(43)34-39)48-27-15-25-45-52-47(61(54(45)48)41-22-11-4-12-23-41)32-33-50-53(52)44-31-29-40(35-51(44)63-50)57-59-55(37-18-7-2-8-19-37)58-56(60-57)38-20-9-3-10-21-38/h1-35H. The van der Waals surface area contributed by atoms with Gasteiger partial charge in [0.1, 0.15) is 11.2 Å². The number of benzene rings is 9. The van der Waals surface area contributed by atoms with Gasteiger partial charge in [-0.05, 0) is 65.7 Å². The van der Waals surface area contributed by atoms with Crippen LogP contribution < -0.4 is 0 Å². The molecule has 0 spiro atoms. The summed E-state index contributed by atoms with van der Waals surface area (Å²) < 4.78 is 11.7. The molecule has 0 amide bonds. The normalized spacial score (nSPS) is 11.8. The highest BCUT2D eigenvalue weighted by atomic mass is 16.3. The molecular weight excluding hydrogens is 771 g/mol. The molecule has 0 fully saturated rings. The molecule has 6 heteroatoms. The van der Waals surface area contributed by atoms with Gasteiger partial charge in [0.2, 0.25) is 0 Å².